The molecule has 2 aromatic rings. The van der Waals surface area contributed by atoms with Gasteiger partial charge in [0.2, 0.25) is 5.89 Å². The third-order valence-electron chi connectivity index (χ3n) is 3.91. The summed E-state index contributed by atoms with van der Waals surface area (Å²) in [6, 6.07) is 4.21. The van der Waals surface area contributed by atoms with E-state index in [1.165, 1.54) is 51.4 Å². The van der Waals surface area contributed by atoms with Crippen LogP contribution in [-0.4, -0.2) is 21.7 Å². The summed E-state index contributed by atoms with van der Waals surface area (Å²) in [5, 5.41) is 11.3. The molecule has 2 aromatic heterocycles. The lowest BCUT2D eigenvalue weighted by atomic mass is 10.1. The van der Waals surface area contributed by atoms with Crippen LogP contribution in [-0.2, 0) is 0 Å². The Morgan fingerprint density at radius 3 is 2.22 bits per heavy atom. The first-order chi connectivity index (χ1) is 11.4. The maximum atomic E-state index is 5.59. The van der Waals surface area contributed by atoms with Crippen LogP contribution in [0.5, 0.6) is 0 Å². The lowest BCUT2D eigenvalue weighted by Crippen LogP contribution is -2.01. The van der Waals surface area contributed by atoms with Crippen molar-refractivity contribution in [2.24, 2.45) is 0 Å². The molecule has 0 unspecified atom stereocenters. The van der Waals surface area contributed by atoms with Crippen molar-refractivity contribution in [1.82, 2.24) is 15.2 Å². The number of nitrogens with zero attached hydrogens (tertiary/aromatic N) is 3. The molecule has 1 N–H and O–H groups in total. The van der Waals surface area contributed by atoms with E-state index in [9.17, 15) is 0 Å². The molecule has 0 aromatic carbocycles. The molecule has 126 valence electrons. The van der Waals surface area contributed by atoms with E-state index in [2.05, 4.69) is 27.4 Å². The van der Waals surface area contributed by atoms with Crippen LogP contribution in [0, 0.1) is 0 Å². The van der Waals surface area contributed by atoms with Crippen molar-refractivity contribution in [3.8, 4) is 11.5 Å². The molecule has 2 rings (SSSR count). The molecule has 0 aliphatic rings. The predicted octanol–water partition coefficient (Wildman–Crippen LogP) is 5.07. The van der Waals surface area contributed by atoms with Crippen LogP contribution in [0.1, 0.15) is 64.7 Å². The second-order valence-electron chi connectivity index (χ2n) is 5.90. The van der Waals surface area contributed by atoms with E-state index in [1.807, 2.05) is 12.1 Å². The van der Waals surface area contributed by atoms with Crippen molar-refractivity contribution >= 4 is 6.01 Å². The summed E-state index contributed by atoms with van der Waals surface area (Å²) in [6.07, 6.45) is 15.4. The van der Waals surface area contributed by atoms with Gasteiger partial charge in [0.25, 0.3) is 0 Å². The Kier molecular flexibility index (Phi) is 8.16. The third-order valence-corrected chi connectivity index (χ3v) is 3.91. The van der Waals surface area contributed by atoms with Crippen LogP contribution in [0.25, 0.3) is 11.5 Å². The van der Waals surface area contributed by atoms with Gasteiger partial charge in [-0.1, -0.05) is 63.4 Å². The van der Waals surface area contributed by atoms with E-state index < -0.39 is 0 Å². The molecular formula is C18H28N4O. The van der Waals surface area contributed by atoms with Crippen LogP contribution in [0.4, 0.5) is 6.01 Å². The Morgan fingerprint density at radius 2 is 1.52 bits per heavy atom. The predicted molar refractivity (Wildman–Crippen MR) is 93.2 cm³/mol. The van der Waals surface area contributed by atoms with Crippen LogP contribution in [0.3, 0.4) is 0 Å². The van der Waals surface area contributed by atoms with Crippen LogP contribution >= 0.6 is 0 Å². The second kappa shape index (κ2) is 10.8. The first-order valence-electron chi connectivity index (χ1n) is 8.88. The lowest BCUT2D eigenvalue weighted by Gasteiger charge is -2.02. The normalized spacial score (nSPS) is 10.8. The van der Waals surface area contributed by atoms with E-state index in [0.29, 0.717) is 11.9 Å². The number of aromatic nitrogens is 3. The zero-order valence-electron chi connectivity index (χ0n) is 14.1. The standard InChI is InChI=1S/C18H28N4O/c1-2-3-4-5-6-7-8-9-10-13-20-18-22-21-17(23-18)16-11-14-19-15-12-16/h11-12,14-15H,2-10,13H2,1H3,(H,20,22). The molecule has 0 bridgehead atoms. The SMILES string of the molecule is CCCCCCCCCCCNc1nnc(-c2ccncc2)o1. The zero-order valence-corrected chi connectivity index (χ0v) is 14.1. The Labute approximate surface area is 138 Å². The number of unbranched alkanes of at least 4 members (excludes halogenated alkanes) is 8. The lowest BCUT2D eigenvalue weighted by molar-refractivity contribution is 0.560. The van der Waals surface area contributed by atoms with Gasteiger partial charge in [-0.25, -0.2) is 0 Å². The number of nitrogens with one attached hydrogen (secondary N) is 1. The van der Waals surface area contributed by atoms with Gasteiger partial charge in [0, 0.05) is 24.5 Å². The second-order valence-corrected chi connectivity index (χ2v) is 5.90. The van der Waals surface area contributed by atoms with Crippen molar-refractivity contribution in [3.05, 3.63) is 24.5 Å². The van der Waals surface area contributed by atoms with E-state index in [4.69, 9.17) is 4.42 Å². The van der Waals surface area contributed by atoms with Gasteiger partial charge in [-0.05, 0) is 18.6 Å². The van der Waals surface area contributed by atoms with Gasteiger partial charge in [-0.3, -0.25) is 4.98 Å². The van der Waals surface area contributed by atoms with Gasteiger partial charge < -0.3 is 9.73 Å². The van der Waals surface area contributed by atoms with Crippen molar-refractivity contribution in [2.75, 3.05) is 11.9 Å². The van der Waals surface area contributed by atoms with Crippen LogP contribution < -0.4 is 5.32 Å². The highest BCUT2D eigenvalue weighted by Gasteiger charge is 2.07. The van der Waals surface area contributed by atoms with Gasteiger partial charge in [0.15, 0.2) is 0 Å². The monoisotopic (exact) mass is 316 g/mol. The summed E-state index contributed by atoms with van der Waals surface area (Å²) in [4.78, 5) is 3.98. The van der Waals surface area contributed by atoms with Gasteiger partial charge >= 0.3 is 6.01 Å². The molecule has 5 nitrogen and oxygen atoms in total. The minimum atomic E-state index is 0.497. The van der Waals surface area contributed by atoms with E-state index in [0.717, 1.165) is 18.5 Å². The molecule has 0 radical (unpaired) electrons. The van der Waals surface area contributed by atoms with E-state index in [-0.39, 0.29) is 0 Å². The first-order valence-corrected chi connectivity index (χ1v) is 8.88. The topological polar surface area (TPSA) is 63.8 Å². The molecular weight excluding hydrogens is 288 g/mol. The molecule has 0 fully saturated rings. The minimum absolute atomic E-state index is 0.497. The summed E-state index contributed by atoms with van der Waals surface area (Å²) < 4.78 is 5.59. The molecule has 0 atom stereocenters. The molecule has 0 saturated heterocycles. The molecule has 0 aliphatic carbocycles. The highest BCUT2D eigenvalue weighted by Crippen LogP contribution is 2.18. The van der Waals surface area contributed by atoms with Gasteiger partial charge in [-0.15, -0.1) is 5.10 Å². The summed E-state index contributed by atoms with van der Waals surface area (Å²) in [5.41, 5.74) is 0.892. The van der Waals surface area contributed by atoms with Crippen LogP contribution in [0.2, 0.25) is 0 Å². The maximum absolute atomic E-state index is 5.59. The fourth-order valence-electron chi connectivity index (χ4n) is 2.54. The van der Waals surface area contributed by atoms with Crippen LogP contribution in [0.15, 0.2) is 28.9 Å². The van der Waals surface area contributed by atoms with Crippen molar-refractivity contribution in [3.63, 3.8) is 0 Å². The fourth-order valence-corrected chi connectivity index (χ4v) is 2.54. The summed E-state index contributed by atoms with van der Waals surface area (Å²) in [6.45, 7) is 3.14. The van der Waals surface area contributed by atoms with Crippen molar-refractivity contribution < 1.29 is 4.42 Å². The van der Waals surface area contributed by atoms with Crippen molar-refractivity contribution in [2.45, 2.75) is 64.7 Å². The molecule has 0 amide bonds. The largest absolute Gasteiger partial charge is 0.403 e. The highest BCUT2D eigenvalue weighted by atomic mass is 16.4. The quantitative estimate of drug-likeness (QED) is 0.553. The van der Waals surface area contributed by atoms with Gasteiger partial charge in [0.1, 0.15) is 0 Å². The smallest absolute Gasteiger partial charge is 0.315 e. The number of pyridine rings is 1. The zero-order chi connectivity index (χ0) is 16.2. The fraction of sp³-hybridized carbons (Fsp3) is 0.611. The number of hydrogen-bond donors (Lipinski definition) is 1. The van der Waals surface area contributed by atoms with Crippen molar-refractivity contribution in [1.29, 1.82) is 0 Å². The molecule has 5 heteroatoms. The average Bonchev–Trinajstić information content (AvgIpc) is 3.06. The molecule has 0 spiro atoms. The Bertz CT molecular complexity index is 527. The Hall–Kier alpha value is -1.91. The molecule has 0 saturated carbocycles. The molecule has 0 aliphatic heterocycles. The van der Waals surface area contributed by atoms with Gasteiger partial charge in [0.05, 0.1) is 0 Å². The van der Waals surface area contributed by atoms with E-state index in [1.54, 1.807) is 12.4 Å². The summed E-state index contributed by atoms with van der Waals surface area (Å²) in [7, 11) is 0. The maximum Gasteiger partial charge on any atom is 0.315 e. The van der Waals surface area contributed by atoms with E-state index >= 15 is 0 Å². The minimum Gasteiger partial charge on any atom is -0.403 e. The number of rotatable bonds is 12. The first kappa shape index (κ1) is 17.4. The summed E-state index contributed by atoms with van der Waals surface area (Å²) >= 11 is 0. The molecule has 23 heavy (non-hydrogen) atoms. The Morgan fingerprint density at radius 1 is 0.870 bits per heavy atom. The van der Waals surface area contributed by atoms with Gasteiger partial charge in [-0.2, -0.15) is 0 Å². The summed E-state index contributed by atoms with van der Waals surface area (Å²) in [5.74, 6) is 0.530. The number of anilines is 1. The average molecular weight is 316 g/mol. The Balaban J connectivity index is 1.53. The third kappa shape index (κ3) is 6.80. The molecule has 2 heterocycles. The highest BCUT2D eigenvalue weighted by molar-refractivity contribution is 5.51. The number of hydrogen-bond acceptors (Lipinski definition) is 5.